The van der Waals surface area contributed by atoms with Gasteiger partial charge in [-0.3, -0.25) is 9.89 Å². The van der Waals surface area contributed by atoms with E-state index in [2.05, 4.69) is 48.3 Å². The highest BCUT2D eigenvalue weighted by Crippen LogP contribution is 2.43. The molecule has 1 N–H and O–H groups in total. The number of hydrogen-bond acceptors (Lipinski definition) is 2. The summed E-state index contributed by atoms with van der Waals surface area (Å²) in [6.07, 6.45) is 0. The lowest BCUT2D eigenvalue weighted by Crippen LogP contribution is -2.29. The molecule has 1 amide bonds. The molecule has 1 aliphatic heterocycles. The van der Waals surface area contributed by atoms with Gasteiger partial charge in [-0.05, 0) is 34.7 Å². The van der Waals surface area contributed by atoms with Crippen LogP contribution in [-0.2, 0) is 6.54 Å². The molecule has 0 spiro atoms. The van der Waals surface area contributed by atoms with Crippen LogP contribution in [0.25, 0.3) is 11.3 Å². The van der Waals surface area contributed by atoms with Crippen LogP contribution in [0.4, 0.5) is 0 Å². The van der Waals surface area contributed by atoms with Crippen LogP contribution in [0.2, 0.25) is 5.02 Å². The lowest BCUT2D eigenvalue weighted by molar-refractivity contribution is 0.0730. The van der Waals surface area contributed by atoms with E-state index >= 15 is 0 Å². The summed E-state index contributed by atoms with van der Waals surface area (Å²) >= 11 is 6.07. The van der Waals surface area contributed by atoms with Crippen molar-refractivity contribution < 1.29 is 4.79 Å². The number of aromatic amines is 1. The van der Waals surface area contributed by atoms with Gasteiger partial charge >= 0.3 is 0 Å². The van der Waals surface area contributed by atoms with E-state index in [9.17, 15) is 4.79 Å². The second kappa shape index (κ2) is 8.29. The number of benzene rings is 3. The third-order valence-corrected chi connectivity index (χ3v) is 6.35. The Hall–Kier alpha value is -3.37. The van der Waals surface area contributed by atoms with Gasteiger partial charge in [0.25, 0.3) is 5.91 Å². The van der Waals surface area contributed by atoms with Gasteiger partial charge in [-0.15, -0.1) is 0 Å². The van der Waals surface area contributed by atoms with E-state index in [1.54, 1.807) is 0 Å². The molecule has 2 heterocycles. The summed E-state index contributed by atoms with van der Waals surface area (Å²) in [4.78, 5) is 15.4. The Morgan fingerprint density at radius 1 is 0.969 bits per heavy atom. The van der Waals surface area contributed by atoms with Crippen LogP contribution in [0, 0.1) is 0 Å². The fourth-order valence-corrected chi connectivity index (χ4v) is 4.50. The molecule has 1 atom stereocenters. The van der Waals surface area contributed by atoms with Gasteiger partial charge in [0.05, 0.1) is 11.7 Å². The first-order valence-electron chi connectivity index (χ1n) is 10.8. The fraction of sp³-hybridized carbons (Fsp3) is 0.185. The summed E-state index contributed by atoms with van der Waals surface area (Å²) in [5.74, 6) is 0.409. The van der Waals surface area contributed by atoms with E-state index < -0.39 is 0 Å². The number of aromatic nitrogens is 2. The Kier molecular flexibility index (Phi) is 5.32. The maximum Gasteiger partial charge on any atom is 0.273 e. The highest BCUT2D eigenvalue weighted by Gasteiger charge is 2.42. The van der Waals surface area contributed by atoms with Crippen molar-refractivity contribution in [2.24, 2.45) is 0 Å². The summed E-state index contributed by atoms with van der Waals surface area (Å²) in [6.45, 7) is 4.86. The van der Waals surface area contributed by atoms with Crippen molar-refractivity contribution in [3.8, 4) is 11.3 Å². The first kappa shape index (κ1) is 20.5. The van der Waals surface area contributed by atoms with Crippen molar-refractivity contribution in [2.45, 2.75) is 32.4 Å². The first-order valence-corrected chi connectivity index (χ1v) is 11.2. The molecule has 0 bridgehead atoms. The molecule has 4 nitrogen and oxygen atoms in total. The molecule has 1 aliphatic rings. The molecular weight excluding hydrogens is 418 g/mol. The van der Waals surface area contributed by atoms with Crippen LogP contribution in [0.5, 0.6) is 0 Å². The molecule has 4 aromatic rings. The van der Waals surface area contributed by atoms with Crippen molar-refractivity contribution in [3.05, 3.63) is 112 Å². The average Bonchev–Trinajstić information content (AvgIpc) is 3.35. The normalized spacial score (nSPS) is 15.4. The van der Waals surface area contributed by atoms with E-state index in [4.69, 9.17) is 11.6 Å². The average molecular weight is 442 g/mol. The summed E-state index contributed by atoms with van der Waals surface area (Å²) in [5.41, 5.74) is 6.71. The van der Waals surface area contributed by atoms with Crippen LogP contribution < -0.4 is 0 Å². The Morgan fingerprint density at radius 2 is 1.66 bits per heavy atom. The zero-order chi connectivity index (χ0) is 22.2. The largest absolute Gasteiger partial charge is 0.322 e. The molecule has 0 fully saturated rings. The number of nitrogens with one attached hydrogen (secondary N) is 1. The molecule has 32 heavy (non-hydrogen) atoms. The zero-order valence-corrected chi connectivity index (χ0v) is 18.8. The van der Waals surface area contributed by atoms with Crippen LogP contribution in [0.3, 0.4) is 0 Å². The Balaban J connectivity index is 1.62. The molecule has 1 aromatic heterocycles. The monoisotopic (exact) mass is 441 g/mol. The van der Waals surface area contributed by atoms with Crippen LogP contribution in [-0.4, -0.2) is 21.0 Å². The predicted molar refractivity (Wildman–Crippen MR) is 128 cm³/mol. The van der Waals surface area contributed by atoms with E-state index in [-0.39, 0.29) is 11.9 Å². The summed E-state index contributed by atoms with van der Waals surface area (Å²) in [7, 11) is 0. The number of carbonyl (C=O) groups is 1. The molecule has 160 valence electrons. The van der Waals surface area contributed by atoms with Crippen molar-refractivity contribution in [1.29, 1.82) is 0 Å². The second-order valence-corrected chi connectivity index (χ2v) is 8.95. The third-order valence-electron chi connectivity index (χ3n) is 6.10. The molecule has 1 unspecified atom stereocenters. The molecule has 0 radical (unpaired) electrons. The number of H-pyrrole nitrogens is 1. The van der Waals surface area contributed by atoms with Crippen LogP contribution >= 0.6 is 11.6 Å². The number of fused-ring (bicyclic) bond motifs is 1. The lowest BCUT2D eigenvalue weighted by atomic mass is 9.93. The number of halogens is 1. The topological polar surface area (TPSA) is 49.0 Å². The minimum Gasteiger partial charge on any atom is -0.322 e. The standard InChI is InChI=1S/C27H24ClN3O/c1-17(2)19-10-12-21(13-11-19)26-23-24(20-6-4-3-5-7-20)29-30-25(23)27(32)31(26)16-18-8-14-22(28)15-9-18/h3-15,17,26H,16H2,1-2H3,(H,29,30). The van der Waals surface area contributed by atoms with Crippen LogP contribution in [0.15, 0.2) is 78.9 Å². The second-order valence-electron chi connectivity index (χ2n) is 8.51. The Bertz CT molecular complexity index is 1240. The van der Waals surface area contributed by atoms with E-state index in [1.165, 1.54) is 5.56 Å². The maximum atomic E-state index is 13.5. The van der Waals surface area contributed by atoms with Crippen molar-refractivity contribution in [1.82, 2.24) is 15.1 Å². The molecular formula is C27H24ClN3O. The number of rotatable bonds is 5. The minimum atomic E-state index is -0.219. The summed E-state index contributed by atoms with van der Waals surface area (Å²) in [6, 6.07) is 26.1. The Morgan fingerprint density at radius 3 is 2.31 bits per heavy atom. The van der Waals surface area contributed by atoms with Gasteiger partial charge in [-0.2, -0.15) is 5.10 Å². The van der Waals surface area contributed by atoms with Crippen molar-refractivity contribution in [3.63, 3.8) is 0 Å². The van der Waals surface area contributed by atoms with Gasteiger partial charge in [0.1, 0.15) is 5.69 Å². The quantitative estimate of drug-likeness (QED) is 0.379. The smallest absolute Gasteiger partial charge is 0.273 e. The fourth-order valence-electron chi connectivity index (χ4n) is 4.37. The summed E-state index contributed by atoms with van der Waals surface area (Å²) in [5, 5.41) is 8.25. The van der Waals surface area contributed by atoms with Gasteiger partial charge in [0.15, 0.2) is 0 Å². The van der Waals surface area contributed by atoms with Gasteiger partial charge < -0.3 is 4.90 Å². The van der Waals surface area contributed by atoms with Gasteiger partial charge in [0.2, 0.25) is 0 Å². The minimum absolute atomic E-state index is 0.0393. The van der Waals surface area contributed by atoms with E-state index in [1.807, 2.05) is 59.5 Å². The van der Waals surface area contributed by atoms with Gasteiger partial charge in [-0.1, -0.05) is 92.2 Å². The maximum absolute atomic E-state index is 13.5. The molecule has 5 rings (SSSR count). The number of carbonyl (C=O) groups excluding carboxylic acids is 1. The molecule has 0 saturated heterocycles. The Labute approximate surface area is 192 Å². The van der Waals surface area contributed by atoms with E-state index in [0.29, 0.717) is 23.2 Å². The number of hydrogen-bond donors (Lipinski definition) is 1. The zero-order valence-electron chi connectivity index (χ0n) is 18.0. The van der Waals surface area contributed by atoms with Gasteiger partial charge in [-0.25, -0.2) is 0 Å². The van der Waals surface area contributed by atoms with Crippen molar-refractivity contribution >= 4 is 17.5 Å². The predicted octanol–water partition coefficient (Wildman–Crippen LogP) is 6.60. The summed E-state index contributed by atoms with van der Waals surface area (Å²) < 4.78 is 0. The van der Waals surface area contributed by atoms with Crippen molar-refractivity contribution in [2.75, 3.05) is 0 Å². The molecule has 5 heteroatoms. The molecule has 0 saturated carbocycles. The third kappa shape index (κ3) is 3.61. The molecule has 0 aliphatic carbocycles. The van der Waals surface area contributed by atoms with Crippen LogP contribution in [0.1, 0.15) is 58.5 Å². The first-order chi connectivity index (χ1) is 15.5. The highest BCUT2D eigenvalue weighted by molar-refractivity contribution is 6.30. The number of nitrogens with zero attached hydrogens (tertiary/aromatic N) is 2. The van der Waals surface area contributed by atoms with E-state index in [0.717, 1.165) is 27.9 Å². The SMILES string of the molecule is CC(C)c1ccc(C2c3c(-c4ccccc4)n[nH]c3C(=O)N2Cc2ccc(Cl)cc2)cc1. The lowest BCUT2D eigenvalue weighted by Gasteiger charge is -2.27. The molecule has 3 aromatic carbocycles. The van der Waals surface area contributed by atoms with Gasteiger partial charge in [0, 0.05) is 22.7 Å². The highest BCUT2D eigenvalue weighted by atomic mass is 35.5. The number of amides is 1.